The van der Waals surface area contributed by atoms with E-state index in [2.05, 4.69) is 9.97 Å². The smallest absolute Gasteiger partial charge is 0.165 e. The predicted molar refractivity (Wildman–Crippen MR) is 69.6 cm³/mol. The van der Waals surface area contributed by atoms with E-state index in [0.29, 0.717) is 11.0 Å². The highest BCUT2D eigenvalue weighted by Gasteiger charge is 2.13. The molecule has 0 aliphatic rings. The second-order valence-corrected chi connectivity index (χ2v) is 5.40. The minimum atomic E-state index is 0.495. The lowest BCUT2D eigenvalue weighted by Gasteiger charge is -1.99. The fourth-order valence-electron chi connectivity index (χ4n) is 1.74. The van der Waals surface area contributed by atoms with Gasteiger partial charge >= 0.3 is 0 Å². The van der Waals surface area contributed by atoms with Crippen LogP contribution in [0.2, 0.25) is 5.15 Å². The Labute approximate surface area is 107 Å². The van der Waals surface area contributed by atoms with E-state index in [0.717, 1.165) is 21.5 Å². The Morgan fingerprint density at radius 3 is 2.82 bits per heavy atom. The molecule has 0 fully saturated rings. The molecule has 86 valence electrons. The molecule has 0 aliphatic heterocycles. The third kappa shape index (κ3) is 1.73. The van der Waals surface area contributed by atoms with Gasteiger partial charge in [-0.05, 0) is 26.0 Å². The molecule has 3 rings (SSSR count). The second-order valence-electron chi connectivity index (χ2n) is 3.80. The molecule has 3 heterocycles. The largest absolute Gasteiger partial charge is 0.469 e. The fourth-order valence-corrected chi connectivity index (χ4v) is 2.90. The third-order valence-corrected chi connectivity index (χ3v) is 3.80. The first-order valence-corrected chi connectivity index (χ1v) is 6.33. The van der Waals surface area contributed by atoms with Crippen molar-refractivity contribution in [1.29, 1.82) is 0 Å². The number of fused-ring (bicyclic) bond motifs is 1. The first-order chi connectivity index (χ1) is 8.15. The van der Waals surface area contributed by atoms with Crippen LogP contribution in [0.3, 0.4) is 0 Å². The summed E-state index contributed by atoms with van der Waals surface area (Å²) in [6.07, 6.45) is 1.63. The lowest BCUT2D eigenvalue weighted by molar-refractivity contribution is 0.535. The molecule has 0 aliphatic carbocycles. The molecule has 0 amide bonds. The zero-order valence-corrected chi connectivity index (χ0v) is 10.9. The number of halogens is 1. The summed E-state index contributed by atoms with van der Waals surface area (Å²) in [5, 5.41) is 1.41. The van der Waals surface area contributed by atoms with Crippen LogP contribution in [-0.4, -0.2) is 9.97 Å². The average Bonchev–Trinajstić information content (AvgIpc) is 2.83. The molecular weight excluding hydrogens is 256 g/mol. The Bertz CT molecular complexity index is 702. The first-order valence-electron chi connectivity index (χ1n) is 5.13. The molecule has 17 heavy (non-hydrogen) atoms. The second kappa shape index (κ2) is 3.82. The van der Waals surface area contributed by atoms with Gasteiger partial charge in [-0.1, -0.05) is 11.6 Å². The van der Waals surface area contributed by atoms with Crippen LogP contribution in [0.1, 0.15) is 10.6 Å². The van der Waals surface area contributed by atoms with Crippen molar-refractivity contribution >= 4 is 33.2 Å². The van der Waals surface area contributed by atoms with Crippen molar-refractivity contribution in [3.05, 3.63) is 34.2 Å². The van der Waals surface area contributed by atoms with E-state index >= 15 is 0 Å². The minimum Gasteiger partial charge on any atom is -0.469 e. The lowest BCUT2D eigenvalue weighted by Crippen LogP contribution is -1.89. The van der Waals surface area contributed by atoms with Crippen LogP contribution in [0.5, 0.6) is 0 Å². The quantitative estimate of drug-likeness (QED) is 0.618. The summed E-state index contributed by atoms with van der Waals surface area (Å²) in [6.45, 7) is 3.92. The fraction of sp³-hybridized carbons (Fsp3) is 0.167. The summed E-state index contributed by atoms with van der Waals surface area (Å²) in [5.41, 5.74) is 0.889. The Balaban J connectivity index is 2.28. The van der Waals surface area contributed by atoms with Crippen molar-refractivity contribution in [2.45, 2.75) is 13.8 Å². The summed E-state index contributed by atoms with van der Waals surface area (Å²) in [7, 11) is 0. The normalized spacial score (nSPS) is 11.2. The van der Waals surface area contributed by atoms with E-state index in [-0.39, 0.29) is 0 Å². The van der Waals surface area contributed by atoms with Crippen molar-refractivity contribution in [3.8, 4) is 11.4 Å². The summed E-state index contributed by atoms with van der Waals surface area (Å²) < 4.78 is 5.26. The van der Waals surface area contributed by atoms with Crippen LogP contribution in [-0.2, 0) is 0 Å². The maximum Gasteiger partial charge on any atom is 0.165 e. The van der Waals surface area contributed by atoms with Gasteiger partial charge in [0, 0.05) is 10.3 Å². The monoisotopic (exact) mass is 264 g/mol. The molecular formula is C12H9ClN2OS. The standard InChI is InChI=1S/C12H9ClN2OS/c1-6-5-9-10(13)14-11(15-12(9)17-6)8-3-4-16-7(8)2/h3-5H,1-2H3. The summed E-state index contributed by atoms with van der Waals surface area (Å²) in [4.78, 5) is 10.9. The van der Waals surface area contributed by atoms with Crippen LogP contribution >= 0.6 is 22.9 Å². The lowest BCUT2D eigenvalue weighted by atomic mass is 10.2. The maximum atomic E-state index is 6.17. The molecule has 0 unspecified atom stereocenters. The average molecular weight is 265 g/mol. The number of rotatable bonds is 1. The molecule has 0 radical (unpaired) electrons. The molecule has 0 bridgehead atoms. The van der Waals surface area contributed by atoms with Crippen LogP contribution in [0, 0.1) is 13.8 Å². The molecule has 5 heteroatoms. The van der Waals surface area contributed by atoms with Gasteiger partial charge in [-0.25, -0.2) is 9.97 Å². The number of nitrogens with zero attached hydrogens (tertiary/aromatic N) is 2. The predicted octanol–water partition coefficient (Wildman–Crippen LogP) is 4.22. The molecule has 3 aromatic heterocycles. The van der Waals surface area contributed by atoms with Crippen LogP contribution in [0.4, 0.5) is 0 Å². The molecule has 0 spiro atoms. The third-order valence-electron chi connectivity index (χ3n) is 2.57. The van der Waals surface area contributed by atoms with Gasteiger partial charge in [0.1, 0.15) is 15.7 Å². The zero-order chi connectivity index (χ0) is 12.0. The number of hydrogen-bond acceptors (Lipinski definition) is 4. The van der Waals surface area contributed by atoms with Crippen LogP contribution in [0.15, 0.2) is 22.8 Å². The number of aryl methyl sites for hydroxylation is 2. The Hall–Kier alpha value is -1.39. The van der Waals surface area contributed by atoms with Gasteiger partial charge in [0.15, 0.2) is 5.82 Å². The SMILES string of the molecule is Cc1cc2c(Cl)nc(-c3ccoc3C)nc2s1. The van der Waals surface area contributed by atoms with E-state index in [4.69, 9.17) is 16.0 Å². The molecule has 0 saturated heterocycles. The van der Waals surface area contributed by atoms with Crippen molar-refractivity contribution in [1.82, 2.24) is 9.97 Å². The molecule has 0 atom stereocenters. The highest BCUT2D eigenvalue weighted by Crippen LogP contribution is 2.31. The Morgan fingerprint density at radius 2 is 2.12 bits per heavy atom. The minimum absolute atomic E-state index is 0.495. The van der Waals surface area contributed by atoms with Gasteiger partial charge in [0.05, 0.1) is 11.8 Å². The van der Waals surface area contributed by atoms with Gasteiger partial charge in [-0.3, -0.25) is 0 Å². The Morgan fingerprint density at radius 1 is 1.29 bits per heavy atom. The van der Waals surface area contributed by atoms with Gasteiger partial charge in [-0.2, -0.15) is 0 Å². The van der Waals surface area contributed by atoms with E-state index in [1.54, 1.807) is 17.6 Å². The maximum absolute atomic E-state index is 6.17. The number of hydrogen-bond donors (Lipinski definition) is 0. The first kappa shape index (κ1) is 10.7. The van der Waals surface area contributed by atoms with Gasteiger partial charge in [0.2, 0.25) is 0 Å². The molecule has 3 aromatic rings. The zero-order valence-electron chi connectivity index (χ0n) is 9.32. The number of thiophene rings is 1. The van der Waals surface area contributed by atoms with E-state index in [1.807, 2.05) is 26.0 Å². The van der Waals surface area contributed by atoms with E-state index in [1.165, 1.54) is 4.88 Å². The highest BCUT2D eigenvalue weighted by molar-refractivity contribution is 7.18. The number of aromatic nitrogens is 2. The van der Waals surface area contributed by atoms with Crippen molar-refractivity contribution in [2.75, 3.05) is 0 Å². The Kier molecular flexibility index (Phi) is 2.42. The van der Waals surface area contributed by atoms with Crippen molar-refractivity contribution in [3.63, 3.8) is 0 Å². The molecule has 0 aromatic carbocycles. The van der Waals surface area contributed by atoms with Gasteiger partial charge in [-0.15, -0.1) is 11.3 Å². The van der Waals surface area contributed by atoms with Crippen molar-refractivity contribution < 1.29 is 4.42 Å². The molecule has 0 N–H and O–H groups in total. The van der Waals surface area contributed by atoms with Gasteiger partial charge in [0.25, 0.3) is 0 Å². The topological polar surface area (TPSA) is 38.9 Å². The number of furan rings is 1. The van der Waals surface area contributed by atoms with E-state index < -0.39 is 0 Å². The summed E-state index contributed by atoms with van der Waals surface area (Å²) in [6, 6.07) is 3.86. The van der Waals surface area contributed by atoms with E-state index in [9.17, 15) is 0 Å². The molecule has 3 nitrogen and oxygen atoms in total. The molecule has 0 saturated carbocycles. The summed E-state index contributed by atoms with van der Waals surface area (Å²) >= 11 is 7.79. The summed E-state index contributed by atoms with van der Waals surface area (Å²) in [5.74, 6) is 1.42. The van der Waals surface area contributed by atoms with Gasteiger partial charge < -0.3 is 4.42 Å². The van der Waals surface area contributed by atoms with Crippen LogP contribution in [0.25, 0.3) is 21.6 Å². The van der Waals surface area contributed by atoms with Crippen LogP contribution < -0.4 is 0 Å². The highest BCUT2D eigenvalue weighted by atomic mass is 35.5. The van der Waals surface area contributed by atoms with Crippen molar-refractivity contribution in [2.24, 2.45) is 0 Å².